The Morgan fingerprint density at radius 2 is 2.11 bits per heavy atom. The number of imidazole rings is 1. The Kier molecular flexibility index (Phi) is 2.47. The largest absolute Gasteiger partial charge is 0.368 e. The Balaban J connectivity index is 1.77. The van der Waals surface area contributed by atoms with Crippen molar-refractivity contribution in [3.63, 3.8) is 0 Å². The van der Waals surface area contributed by atoms with Crippen LogP contribution in [0.25, 0.3) is 11.5 Å². The van der Waals surface area contributed by atoms with Gasteiger partial charge in [0.25, 0.3) is 0 Å². The Labute approximate surface area is 112 Å². The van der Waals surface area contributed by atoms with Crippen LogP contribution < -0.4 is 5.32 Å². The van der Waals surface area contributed by atoms with Crippen LogP contribution in [0.15, 0.2) is 6.33 Å². The lowest BCUT2D eigenvalue weighted by atomic mass is 10.3. The van der Waals surface area contributed by atoms with Crippen molar-refractivity contribution in [2.75, 3.05) is 11.9 Å². The maximum Gasteiger partial charge on any atom is 0.165 e. The van der Waals surface area contributed by atoms with Crippen molar-refractivity contribution in [2.45, 2.75) is 45.1 Å². The zero-order valence-electron chi connectivity index (χ0n) is 11.3. The van der Waals surface area contributed by atoms with Crippen molar-refractivity contribution in [3.05, 3.63) is 12.2 Å². The zero-order valence-corrected chi connectivity index (χ0v) is 11.3. The minimum Gasteiger partial charge on any atom is -0.368 e. The summed E-state index contributed by atoms with van der Waals surface area (Å²) < 4.78 is 2.19. The number of hydrogen-bond donors (Lipinski definition) is 1. The monoisotopic (exact) mass is 257 g/mol. The Hall–Kier alpha value is -1.65. The van der Waals surface area contributed by atoms with E-state index in [1.807, 2.05) is 6.33 Å². The van der Waals surface area contributed by atoms with Crippen LogP contribution in [0.3, 0.4) is 0 Å². The van der Waals surface area contributed by atoms with Crippen LogP contribution in [0.4, 0.5) is 5.82 Å². The number of aromatic nitrogens is 4. The highest BCUT2D eigenvalue weighted by molar-refractivity contribution is 5.67. The van der Waals surface area contributed by atoms with Gasteiger partial charge in [-0.15, -0.1) is 0 Å². The fourth-order valence-corrected chi connectivity index (χ4v) is 2.49. The number of fused-ring (bicyclic) bond motifs is 1. The van der Waals surface area contributed by atoms with E-state index in [0.717, 1.165) is 42.2 Å². The Morgan fingerprint density at radius 1 is 1.26 bits per heavy atom. The van der Waals surface area contributed by atoms with Crippen LogP contribution in [0.1, 0.15) is 44.3 Å². The molecule has 2 fully saturated rings. The van der Waals surface area contributed by atoms with E-state index in [-0.39, 0.29) is 0 Å². The van der Waals surface area contributed by atoms with Crippen LogP contribution >= 0.6 is 0 Å². The van der Waals surface area contributed by atoms with Crippen molar-refractivity contribution in [2.24, 2.45) is 5.92 Å². The number of nitrogens with one attached hydrogen (secondary N) is 1. The van der Waals surface area contributed by atoms with Crippen LogP contribution in [-0.2, 0) is 6.54 Å². The molecule has 5 heteroatoms. The molecule has 0 atom stereocenters. The van der Waals surface area contributed by atoms with E-state index in [9.17, 15) is 0 Å². The van der Waals surface area contributed by atoms with Gasteiger partial charge in [-0.2, -0.15) is 0 Å². The van der Waals surface area contributed by atoms with Crippen molar-refractivity contribution in [1.82, 2.24) is 19.5 Å². The van der Waals surface area contributed by atoms with Gasteiger partial charge in [-0.05, 0) is 38.5 Å². The number of rotatable bonds is 5. The molecule has 0 bridgehead atoms. The number of hydrogen-bond acceptors (Lipinski definition) is 4. The first-order valence-electron chi connectivity index (χ1n) is 7.31. The summed E-state index contributed by atoms with van der Waals surface area (Å²) in [7, 11) is 0. The summed E-state index contributed by atoms with van der Waals surface area (Å²) in [6.07, 6.45) is 7.08. The third-order valence-corrected chi connectivity index (χ3v) is 3.92. The molecule has 0 saturated heterocycles. The van der Waals surface area contributed by atoms with Crippen LogP contribution in [0, 0.1) is 5.92 Å². The van der Waals surface area contributed by atoms with Gasteiger partial charge in [0.2, 0.25) is 0 Å². The van der Waals surface area contributed by atoms with E-state index < -0.39 is 0 Å². The molecule has 0 unspecified atom stereocenters. The molecular weight excluding hydrogens is 238 g/mol. The highest BCUT2D eigenvalue weighted by atomic mass is 15.2. The fourth-order valence-electron chi connectivity index (χ4n) is 2.49. The maximum atomic E-state index is 4.77. The Bertz CT molecular complexity index is 568. The summed E-state index contributed by atoms with van der Waals surface area (Å²) in [5.41, 5.74) is 0.951. The van der Waals surface area contributed by atoms with Crippen LogP contribution in [0.5, 0.6) is 0 Å². The molecule has 0 aromatic rings. The second-order valence-corrected chi connectivity index (χ2v) is 5.75. The summed E-state index contributed by atoms with van der Waals surface area (Å²) >= 11 is 0. The minimum absolute atomic E-state index is 0.594. The summed E-state index contributed by atoms with van der Waals surface area (Å²) in [5.74, 6) is 4.33. The molecule has 0 aromatic carbocycles. The highest BCUT2D eigenvalue weighted by Gasteiger charge is 2.32. The lowest BCUT2D eigenvalue weighted by molar-refractivity contribution is 0.612. The second kappa shape index (κ2) is 4.18. The fraction of sp³-hybridized carbons (Fsp3) is 0.643. The van der Waals surface area contributed by atoms with E-state index in [4.69, 9.17) is 9.97 Å². The van der Waals surface area contributed by atoms with Gasteiger partial charge in [-0.3, -0.25) is 0 Å². The molecule has 2 saturated carbocycles. The molecule has 0 amide bonds. The summed E-state index contributed by atoms with van der Waals surface area (Å²) in [5, 5.41) is 3.29. The summed E-state index contributed by atoms with van der Waals surface area (Å²) in [4.78, 5) is 14.0. The van der Waals surface area contributed by atoms with E-state index >= 15 is 0 Å². The van der Waals surface area contributed by atoms with Crippen LogP contribution in [0.2, 0.25) is 0 Å². The quantitative estimate of drug-likeness (QED) is 0.894. The summed E-state index contributed by atoms with van der Waals surface area (Å²) in [6.45, 7) is 3.98. The normalized spacial score (nSPS) is 19.0. The van der Waals surface area contributed by atoms with Crippen LogP contribution in [-0.4, -0.2) is 26.1 Å². The number of anilines is 1. The maximum absolute atomic E-state index is 4.77. The highest BCUT2D eigenvalue weighted by Crippen LogP contribution is 2.41. The van der Waals surface area contributed by atoms with Gasteiger partial charge in [-0.1, -0.05) is 0 Å². The first-order valence-corrected chi connectivity index (χ1v) is 7.31. The first kappa shape index (κ1) is 11.2. The number of nitrogens with zero attached hydrogens (tertiary/aromatic N) is 4. The lowest BCUT2D eigenvalue weighted by Gasteiger charge is -2.12. The van der Waals surface area contributed by atoms with E-state index in [2.05, 4.69) is 21.8 Å². The topological polar surface area (TPSA) is 55.6 Å². The first-order chi connectivity index (χ1) is 9.35. The average Bonchev–Trinajstić information content (AvgIpc) is 3.32. The molecular formula is C14H19N5. The SMILES string of the molecule is CCNc1ncn(CC2CC2)c2nc(C3CC3)nc1-2. The van der Waals surface area contributed by atoms with Crippen molar-refractivity contribution >= 4 is 5.82 Å². The zero-order chi connectivity index (χ0) is 12.8. The predicted molar refractivity (Wildman–Crippen MR) is 73.3 cm³/mol. The third kappa shape index (κ3) is 2.07. The van der Waals surface area contributed by atoms with Gasteiger partial charge >= 0.3 is 0 Å². The molecule has 100 valence electrons. The minimum atomic E-state index is 0.594. The molecule has 2 aliphatic heterocycles. The summed E-state index contributed by atoms with van der Waals surface area (Å²) in [6, 6.07) is 0. The molecule has 0 aromatic heterocycles. The Morgan fingerprint density at radius 3 is 2.79 bits per heavy atom. The smallest absolute Gasteiger partial charge is 0.165 e. The standard InChI is InChI=1S/C14H19N5/c1-2-15-13-11-14(18-12(17-11)10-5-6-10)19(8-16-13)7-9-3-4-9/h8-10,15H,2-7H2,1H3. The second-order valence-electron chi connectivity index (χ2n) is 5.75. The lowest BCUT2D eigenvalue weighted by Crippen LogP contribution is -2.10. The molecule has 19 heavy (non-hydrogen) atoms. The van der Waals surface area contributed by atoms with Crippen molar-refractivity contribution < 1.29 is 0 Å². The van der Waals surface area contributed by atoms with Gasteiger partial charge in [0, 0.05) is 19.0 Å². The average molecular weight is 257 g/mol. The van der Waals surface area contributed by atoms with Gasteiger partial charge in [0.1, 0.15) is 5.82 Å². The predicted octanol–water partition coefficient (Wildman–Crippen LogP) is 2.50. The third-order valence-electron chi connectivity index (χ3n) is 3.92. The molecule has 2 aliphatic carbocycles. The molecule has 4 rings (SSSR count). The molecule has 4 aliphatic rings. The van der Waals surface area contributed by atoms with E-state index in [1.54, 1.807) is 0 Å². The molecule has 5 nitrogen and oxygen atoms in total. The van der Waals surface area contributed by atoms with Gasteiger partial charge in [0.05, 0.1) is 6.33 Å². The van der Waals surface area contributed by atoms with E-state index in [0.29, 0.717) is 5.92 Å². The molecule has 0 spiro atoms. The molecule has 2 heterocycles. The van der Waals surface area contributed by atoms with Gasteiger partial charge in [-0.25, -0.2) is 15.0 Å². The molecule has 0 radical (unpaired) electrons. The van der Waals surface area contributed by atoms with Crippen molar-refractivity contribution in [1.29, 1.82) is 0 Å². The van der Waals surface area contributed by atoms with E-state index in [1.165, 1.54) is 25.7 Å². The molecule has 1 N–H and O–H groups in total. The van der Waals surface area contributed by atoms with Crippen molar-refractivity contribution in [3.8, 4) is 11.5 Å². The van der Waals surface area contributed by atoms with Gasteiger partial charge in [0.15, 0.2) is 17.3 Å². The van der Waals surface area contributed by atoms with Gasteiger partial charge < -0.3 is 9.88 Å².